The van der Waals surface area contributed by atoms with Crippen LogP contribution in [0, 0.1) is 0 Å². The predicted octanol–water partition coefficient (Wildman–Crippen LogP) is 2.24. The summed E-state index contributed by atoms with van der Waals surface area (Å²) in [5.74, 6) is 0.878. The molecule has 0 radical (unpaired) electrons. The maximum Gasteiger partial charge on any atom is 0.121 e. The van der Waals surface area contributed by atoms with E-state index in [1.807, 2.05) is 30.3 Å². The normalized spacial score (nSPS) is 10.8. The van der Waals surface area contributed by atoms with Crippen molar-refractivity contribution in [2.24, 2.45) is 0 Å². The molecule has 0 aliphatic heterocycles. The molecular weight excluding hydrogens is 240 g/mol. The zero-order valence-corrected chi connectivity index (χ0v) is 11.3. The number of hydrogen-bond donors (Lipinski definition) is 1. The van der Waals surface area contributed by atoms with Crippen LogP contribution in [0.3, 0.4) is 0 Å². The molecule has 0 amide bonds. The molecule has 0 saturated carbocycles. The topological polar surface area (TPSA) is 43.4 Å². The van der Waals surface area contributed by atoms with E-state index in [0.717, 1.165) is 42.8 Å². The van der Waals surface area contributed by atoms with Gasteiger partial charge in [0.25, 0.3) is 0 Å². The van der Waals surface area contributed by atoms with Crippen LogP contribution in [0.2, 0.25) is 0 Å². The predicted molar refractivity (Wildman–Crippen MR) is 76.6 cm³/mol. The van der Waals surface area contributed by atoms with E-state index in [-0.39, 0.29) is 0 Å². The standard InChI is InChI=1S/C15H20N2O2/c1-18-11-9-16-7-3-10-19-14-6-5-13-4-2-8-17-15(13)12-14/h2,4-6,8,12,16H,3,7,9-11H2,1H3. The van der Waals surface area contributed by atoms with E-state index >= 15 is 0 Å². The maximum absolute atomic E-state index is 5.71. The van der Waals surface area contributed by atoms with Gasteiger partial charge < -0.3 is 14.8 Å². The lowest BCUT2D eigenvalue weighted by Crippen LogP contribution is -2.21. The second kappa shape index (κ2) is 7.71. The second-order valence-electron chi connectivity index (χ2n) is 4.30. The van der Waals surface area contributed by atoms with Gasteiger partial charge in [0.15, 0.2) is 0 Å². The average Bonchev–Trinajstić information content (AvgIpc) is 2.46. The SMILES string of the molecule is COCCNCCCOc1ccc2cccnc2c1. The lowest BCUT2D eigenvalue weighted by atomic mass is 10.2. The second-order valence-corrected chi connectivity index (χ2v) is 4.30. The Morgan fingerprint density at radius 3 is 3.00 bits per heavy atom. The molecule has 102 valence electrons. The summed E-state index contributed by atoms with van der Waals surface area (Å²) >= 11 is 0. The highest BCUT2D eigenvalue weighted by atomic mass is 16.5. The van der Waals surface area contributed by atoms with E-state index in [9.17, 15) is 0 Å². The molecule has 0 spiro atoms. The molecule has 2 rings (SSSR count). The van der Waals surface area contributed by atoms with Crippen molar-refractivity contribution in [3.8, 4) is 5.75 Å². The maximum atomic E-state index is 5.71. The molecule has 0 atom stereocenters. The van der Waals surface area contributed by atoms with Crippen LogP contribution in [0.4, 0.5) is 0 Å². The molecule has 0 saturated heterocycles. The molecule has 1 heterocycles. The zero-order valence-electron chi connectivity index (χ0n) is 11.3. The number of aromatic nitrogens is 1. The highest BCUT2D eigenvalue weighted by Gasteiger charge is 1.97. The van der Waals surface area contributed by atoms with E-state index in [1.54, 1.807) is 13.3 Å². The van der Waals surface area contributed by atoms with E-state index in [0.29, 0.717) is 6.61 Å². The number of fused-ring (bicyclic) bond motifs is 1. The lowest BCUT2D eigenvalue weighted by Gasteiger charge is -2.07. The van der Waals surface area contributed by atoms with Gasteiger partial charge in [0.1, 0.15) is 5.75 Å². The van der Waals surface area contributed by atoms with E-state index in [2.05, 4.69) is 10.3 Å². The summed E-state index contributed by atoms with van der Waals surface area (Å²) in [5, 5.41) is 4.42. The number of nitrogens with one attached hydrogen (secondary N) is 1. The quantitative estimate of drug-likeness (QED) is 0.739. The molecule has 0 bridgehead atoms. The minimum atomic E-state index is 0.707. The number of benzene rings is 1. The first-order valence-corrected chi connectivity index (χ1v) is 6.57. The van der Waals surface area contributed by atoms with Crippen LogP contribution >= 0.6 is 0 Å². The summed E-state index contributed by atoms with van der Waals surface area (Å²) < 4.78 is 10.7. The molecular formula is C15H20N2O2. The Morgan fingerprint density at radius 1 is 1.16 bits per heavy atom. The summed E-state index contributed by atoms with van der Waals surface area (Å²) in [6.07, 6.45) is 2.77. The van der Waals surface area contributed by atoms with Crippen LogP contribution in [0.15, 0.2) is 36.5 Å². The first kappa shape index (κ1) is 13.8. The highest BCUT2D eigenvalue weighted by molar-refractivity contribution is 5.79. The van der Waals surface area contributed by atoms with Crippen molar-refractivity contribution in [3.63, 3.8) is 0 Å². The number of rotatable bonds is 8. The number of hydrogen-bond acceptors (Lipinski definition) is 4. The van der Waals surface area contributed by atoms with Gasteiger partial charge in [-0.05, 0) is 31.2 Å². The average molecular weight is 260 g/mol. The van der Waals surface area contributed by atoms with E-state index in [4.69, 9.17) is 9.47 Å². The fraction of sp³-hybridized carbons (Fsp3) is 0.400. The van der Waals surface area contributed by atoms with E-state index < -0.39 is 0 Å². The number of ether oxygens (including phenoxy) is 2. The fourth-order valence-corrected chi connectivity index (χ4v) is 1.82. The van der Waals surface area contributed by atoms with E-state index in [1.165, 1.54) is 0 Å². The Hall–Kier alpha value is -1.65. The van der Waals surface area contributed by atoms with Crippen molar-refractivity contribution in [3.05, 3.63) is 36.5 Å². The van der Waals surface area contributed by atoms with Crippen molar-refractivity contribution >= 4 is 10.9 Å². The molecule has 0 aliphatic rings. The molecule has 4 heteroatoms. The van der Waals surface area contributed by atoms with Gasteiger partial charge in [-0.15, -0.1) is 0 Å². The minimum Gasteiger partial charge on any atom is -0.493 e. The molecule has 0 unspecified atom stereocenters. The number of pyridine rings is 1. The Labute approximate surface area is 113 Å². The third kappa shape index (κ3) is 4.50. The summed E-state index contributed by atoms with van der Waals surface area (Å²) in [7, 11) is 1.71. The third-order valence-corrected chi connectivity index (χ3v) is 2.83. The molecule has 19 heavy (non-hydrogen) atoms. The van der Waals surface area contributed by atoms with Crippen molar-refractivity contribution < 1.29 is 9.47 Å². The molecule has 0 aliphatic carbocycles. The first-order valence-electron chi connectivity index (χ1n) is 6.57. The van der Waals surface area contributed by atoms with Gasteiger partial charge in [-0.3, -0.25) is 4.98 Å². The Morgan fingerprint density at radius 2 is 2.11 bits per heavy atom. The summed E-state index contributed by atoms with van der Waals surface area (Å²) in [5.41, 5.74) is 0.971. The summed E-state index contributed by atoms with van der Waals surface area (Å²) in [6, 6.07) is 9.99. The molecule has 4 nitrogen and oxygen atoms in total. The smallest absolute Gasteiger partial charge is 0.121 e. The van der Waals surface area contributed by atoms with Crippen molar-refractivity contribution in [2.75, 3.05) is 33.4 Å². The molecule has 2 aromatic rings. The minimum absolute atomic E-state index is 0.707. The largest absolute Gasteiger partial charge is 0.493 e. The molecule has 0 fully saturated rings. The molecule has 1 aromatic carbocycles. The van der Waals surface area contributed by atoms with Gasteiger partial charge in [-0.2, -0.15) is 0 Å². The highest BCUT2D eigenvalue weighted by Crippen LogP contribution is 2.18. The van der Waals surface area contributed by atoms with Crippen LogP contribution in [0.5, 0.6) is 5.75 Å². The van der Waals surface area contributed by atoms with Gasteiger partial charge in [-0.25, -0.2) is 0 Å². The Kier molecular flexibility index (Phi) is 5.59. The van der Waals surface area contributed by atoms with Crippen LogP contribution < -0.4 is 10.1 Å². The third-order valence-electron chi connectivity index (χ3n) is 2.83. The van der Waals surface area contributed by atoms with Crippen LogP contribution in [-0.4, -0.2) is 38.4 Å². The number of methoxy groups -OCH3 is 1. The van der Waals surface area contributed by atoms with Gasteiger partial charge in [0.05, 0.1) is 18.7 Å². The van der Waals surface area contributed by atoms with Crippen LogP contribution in [0.25, 0.3) is 10.9 Å². The Bertz CT molecular complexity index is 502. The van der Waals surface area contributed by atoms with Gasteiger partial charge in [0.2, 0.25) is 0 Å². The van der Waals surface area contributed by atoms with Crippen LogP contribution in [-0.2, 0) is 4.74 Å². The fourth-order valence-electron chi connectivity index (χ4n) is 1.82. The monoisotopic (exact) mass is 260 g/mol. The zero-order chi connectivity index (χ0) is 13.3. The first-order chi connectivity index (χ1) is 9.40. The summed E-state index contributed by atoms with van der Waals surface area (Å²) in [6.45, 7) is 3.28. The molecule has 1 N–H and O–H groups in total. The Balaban J connectivity index is 1.72. The van der Waals surface area contributed by atoms with Crippen LogP contribution in [0.1, 0.15) is 6.42 Å². The summed E-state index contributed by atoms with van der Waals surface area (Å²) in [4.78, 5) is 4.31. The molecule has 1 aromatic heterocycles. The van der Waals surface area contributed by atoms with Gasteiger partial charge in [-0.1, -0.05) is 6.07 Å². The van der Waals surface area contributed by atoms with Crippen molar-refractivity contribution in [2.45, 2.75) is 6.42 Å². The number of nitrogens with zero attached hydrogens (tertiary/aromatic N) is 1. The van der Waals surface area contributed by atoms with Crippen molar-refractivity contribution in [1.82, 2.24) is 10.3 Å². The van der Waals surface area contributed by atoms with Gasteiger partial charge in [0, 0.05) is 31.3 Å². The lowest BCUT2D eigenvalue weighted by molar-refractivity contribution is 0.198. The van der Waals surface area contributed by atoms with Gasteiger partial charge >= 0.3 is 0 Å². The van der Waals surface area contributed by atoms with Crippen molar-refractivity contribution in [1.29, 1.82) is 0 Å².